The lowest BCUT2D eigenvalue weighted by atomic mass is 10.1. The minimum absolute atomic E-state index is 0.0603. The number of aliphatic hydroxyl groups is 1. The van der Waals surface area contributed by atoms with Crippen molar-refractivity contribution >= 4 is 39.0 Å². The van der Waals surface area contributed by atoms with Gasteiger partial charge < -0.3 is 10.4 Å². The maximum Gasteiger partial charge on any atom is 0.225 e. The van der Waals surface area contributed by atoms with Crippen LogP contribution in [-0.4, -0.2) is 15.1 Å². The Kier molecular flexibility index (Phi) is 3.82. The van der Waals surface area contributed by atoms with Gasteiger partial charge in [-0.05, 0) is 34.2 Å². The molecule has 0 atom stereocenters. The zero-order valence-corrected chi connectivity index (χ0v) is 12.1. The fraction of sp³-hybridized carbons (Fsp3) is 0.143. The smallest absolute Gasteiger partial charge is 0.225 e. The van der Waals surface area contributed by atoms with Crippen molar-refractivity contribution in [2.45, 2.75) is 13.2 Å². The Bertz CT molecular complexity index is 727. The van der Waals surface area contributed by atoms with Gasteiger partial charge in [0.2, 0.25) is 5.28 Å². The van der Waals surface area contributed by atoms with Crippen LogP contribution in [0.15, 0.2) is 35.7 Å². The molecule has 20 heavy (non-hydrogen) atoms. The summed E-state index contributed by atoms with van der Waals surface area (Å²) in [5.41, 5.74) is 2.01. The van der Waals surface area contributed by atoms with Crippen molar-refractivity contribution in [2.24, 2.45) is 0 Å². The Balaban J connectivity index is 1.80. The normalized spacial score (nSPS) is 10.9. The average molecular weight is 306 g/mol. The molecule has 0 saturated heterocycles. The number of fused-ring (bicyclic) bond motifs is 1. The minimum Gasteiger partial charge on any atom is -0.392 e. The van der Waals surface area contributed by atoms with E-state index in [2.05, 4.69) is 15.3 Å². The molecule has 3 rings (SSSR count). The molecule has 0 bridgehead atoms. The van der Waals surface area contributed by atoms with Gasteiger partial charge in [0.25, 0.3) is 0 Å². The van der Waals surface area contributed by atoms with Gasteiger partial charge in [-0.3, -0.25) is 0 Å². The lowest BCUT2D eigenvalue weighted by Crippen LogP contribution is -2.02. The molecule has 0 saturated carbocycles. The molecule has 0 radical (unpaired) electrons. The summed E-state index contributed by atoms with van der Waals surface area (Å²) < 4.78 is 0. The first kappa shape index (κ1) is 13.3. The molecule has 102 valence electrons. The highest BCUT2D eigenvalue weighted by molar-refractivity contribution is 7.16. The lowest BCUT2D eigenvalue weighted by Gasteiger charge is -2.07. The molecule has 0 aliphatic heterocycles. The van der Waals surface area contributed by atoms with Gasteiger partial charge in [0, 0.05) is 6.54 Å². The molecule has 6 heteroatoms. The zero-order chi connectivity index (χ0) is 13.9. The van der Waals surface area contributed by atoms with Gasteiger partial charge in [0.1, 0.15) is 10.6 Å². The first-order chi connectivity index (χ1) is 9.76. The molecule has 2 N–H and O–H groups in total. The van der Waals surface area contributed by atoms with Gasteiger partial charge >= 0.3 is 0 Å². The molecular weight excluding hydrogens is 294 g/mol. The van der Waals surface area contributed by atoms with Crippen LogP contribution in [0, 0.1) is 0 Å². The monoisotopic (exact) mass is 305 g/mol. The molecular formula is C14H12ClN3OS. The van der Waals surface area contributed by atoms with Crippen LogP contribution in [0.3, 0.4) is 0 Å². The van der Waals surface area contributed by atoms with Crippen LogP contribution in [0.25, 0.3) is 10.2 Å². The molecule has 2 heterocycles. The number of nitrogens with zero attached hydrogens (tertiary/aromatic N) is 2. The van der Waals surface area contributed by atoms with E-state index in [9.17, 15) is 0 Å². The van der Waals surface area contributed by atoms with Crippen molar-refractivity contribution in [3.05, 3.63) is 52.1 Å². The molecule has 1 aromatic carbocycles. The van der Waals surface area contributed by atoms with E-state index in [-0.39, 0.29) is 11.9 Å². The summed E-state index contributed by atoms with van der Waals surface area (Å²) in [6.07, 6.45) is 0. The SMILES string of the molecule is OCc1ccc(CNc2nc(Cl)nc3sccc23)cc1. The van der Waals surface area contributed by atoms with Crippen molar-refractivity contribution in [2.75, 3.05) is 5.32 Å². The minimum atomic E-state index is 0.0603. The van der Waals surface area contributed by atoms with Crippen molar-refractivity contribution in [3.63, 3.8) is 0 Å². The number of hydrogen-bond donors (Lipinski definition) is 2. The largest absolute Gasteiger partial charge is 0.392 e. The number of aromatic nitrogens is 2. The third-order valence-electron chi connectivity index (χ3n) is 2.96. The van der Waals surface area contributed by atoms with E-state index < -0.39 is 0 Å². The Hall–Kier alpha value is -1.69. The van der Waals surface area contributed by atoms with Crippen LogP contribution in [0.4, 0.5) is 5.82 Å². The maximum atomic E-state index is 9.02. The van der Waals surface area contributed by atoms with E-state index in [0.717, 1.165) is 27.2 Å². The number of halogens is 1. The standard InChI is InChI=1S/C14H12ClN3OS/c15-14-17-12(11-5-6-20-13(11)18-14)16-7-9-1-3-10(8-19)4-2-9/h1-6,19H,7-8H2,(H,16,17,18). The van der Waals surface area contributed by atoms with Gasteiger partial charge in [-0.25, -0.2) is 9.97 Å². The van der Waals surface area contributed by atoms with Crippen molar-refractivity contribution < 1.29 is 5.11 Å². The zero-order valence-electron chi connectivity index (χ0n) is 10.5. The fourth-order valence-electron chi connectivity index (χ4n) is 1.91. The Morgan fingerprint density at radius 2 is 1.85 bits per heavy atom. The van der Waals surface area contributed by atoms with Gasteiger partial charge in [-0.15, -0.1) is 11.3 Å². The molecule has 4 nitrogen and oxygen atoms in total. The molecule has 2 aromatic heterocycles. The van der Waals surface area contributed by atoms with E-state index in [0.29, 0.717) is 6.54 Å². The molecule has 3 aromatic rings. The van der Waals surface area contributed by atoms with E-state index in [1.807, 2.05) is 35.7 Å². The van der Waals surface area contributed by atoms with Crippen molar-refractivity contribution in [1.82, 2.24) is 9.97 Å². The number of hydrogen-bond acceptors (Lipinski definition) is 5. The summed E-state index contributed by atoms with van der Waals surface area (Å²) >= 11 is 7.46. The third-order valence-corrected chi connectivity index (χ3v) is 3.94. The van der Waals surface area contributed by atoms with Crippen LogP contribution in [-0.2, 0) is 13.2 Å². The summed E-state index contributed by atoms with van der Waals surface area (Å²) in [5.74, 6) is 0.743. The number of benzene rings is 1. The molecule has 0 aliphatic rings. The number of rotatable bonds is 4. The van der Waals surface area contributed by atoms with Crippen LogP contribution in [0.5, 0.6) is 0 Å². The Morgan fingerprint density at radius 3 is 2.60 bits per heavy atom. The molecule has 0 amide bonds. The topological polar surface area (TPSA) is 58.0 Å². The molecule has 0 aliphatic carbocycles. The highest BCUT2D eigenvalue weighted by atomic mass is 35.5. The third kappa shape index (κ3) is 2.75. The highest BCUT2D eigenvalue weighted by Gasteiger charge is 2.07. The predicted molar refractivity (Wildman–Crippen MR) is 82.1 cm³/mol. The second kappa shape index (κ2) is 5.75. The van der Waals surface area contributed by atoms with Crippen molar-refractivity contribution in [1.29, 1.82) is 0 Å². The van der Waals surface area contributed by atoms with Crippen LogP contribution < -0.4 is 5.32 Å². The fourth-order valence-corrected chi connectivity index (χ4v) is 2.90. The van der Waals surface area contributed by atoms with Gasteiger partial charge in [-0.2, -0.15) is 0 Å². The second-order valence-electron chi connectivity index (χ2n) is 4.31. The number of aliphatic hydroxyl groups excluding tert-OH is 1. The predicted octanol–water partition coefficient (Wildman–Crippen LogP) is 3.45. The first-order valence-corrected chi connectivity index (χ1v) is 7.35. The van der Waals surface area contributed by atoms with Gasteiger partial charge in [0.05, 0.1) is 12.0 Å². The lowest BCUT2D eigenvalue weighted by molar-refractivity contribution is 0.282. The van der Waals surface area contributed by atoms with Crippen LogP contribution in [0.1, 0.15) is 11.1 Å². The highest BCUT2D eigenvalue weighted by Crippen LogP contribution is 2.26. The van der Waals surface area contributed by atoms with Crippen LogP contribution in [0.2, 0.25) is 5.28 Å². The van der Waals surface area contributed by atoms with Gasteiger partial charge in [-0.1, -0.05) is 24.3 Å². The van der Waals surface area contributed by atoms with Crippen molar-refractivity contribution in [3.8, 4) is 0 Å². The summed E-state index contributed by atoms with van der Waals surface area (Å²) in [4.78, 5) is 9.29. The van der Waals surface area contributed by atoms with E-state index >= 15 is 0 Å². The van der Waals surface area contributed by atoms with Gasteiger partial charge in [0.15, 0.2) is 0 Å². The molecule has 0 fully saturated rings. The quantitative estimate of drug-likeness (QED) is 0.725. The summed E-state index contributed by atoms with van der Waals surface area (Å²) in [7, 11) is 0. The second-order valence-corrected chi connectivity index (χ2v) is 5.54. The Labute approximate surface area is 125 Å². The number of nitrogens with one attached hydrogen (secondary N) is 1. The van der Waals surface area contributed by atoms with E-state index in [1.165, 1.54) is 11.3 Å². The average Bonchev–Trinajstić information content (AvgIpc) is 2.93. The molecule has 0 unspecified atom stereocenters. The summed E-state index contributed by atoms with van der Waals surface area (Å²) in [5, 5.41) is 15.5. The summed E-state index contributed by atoms with van der Waals surface area (Å²) in [6.45, 7) is 0.703. The maximum absolute atomic E-state index is 9.02. The van der Waals surface area contributed by atoms with Crippen LogP contribution >= 0.6 is 22.9 Å². The number of anilines is 1. The van der Waals surface area contributed by atoms with E-state index in [1.54, 1.807) is 0 Å². The summed E-state index contributed by atoms with van der Waals surface area (Å²) in [6, 6.07) is 9.75. The Morgan fingerprint density at radius 1 is 1.10 bits per heavy atom. The number of thiophene rings is 1. The first-order valence-electron chi connectivity index (χ1n) is 6.09. The molecule has 0 spiro atoms. The van der Waals surface area contributed by atoms with E-state index in [4.69, 9.17) is 16.7 Å².